The maximum Gasteiger partial charge on any atom is 0.240 e. The molecule has 0 radical (unpaired) electrons. The molecule has 1 saturated carbocycles. The molecule has 3 N–H and O–H groups in total. The molecule has 1 atom stereocenters. The molecule has 1 unspecified atom stereocenters. The van der Waals surface area contributed by atoms with Gasteiger partial charge in [-0.2, -0.15) is 0 Å². The lowest BCUT2D eigenvalue weighted by molar-refractivity contribution is -0.127. The predicted octanol–water partition coefficient (Wildman–Crippen LogP) is 1.19. The van der Waals surface area contributed by atoms with E-state index in [4.69, 9.17) is 10.5 Å². The molecule has 1 fully saturated rings. The van der Waals surface area contributed by atoms with E-state index >= 15 is 0 Å². The highest BCUT2D eigenvalue weighted by molar-refractivity contribution is 5.84. The van der Waals surface area contributed by atoms with E-state index in [-0.39, 0.29) is 5.91 Å². The molecule has 1 rings (SSSR count). The fraction of sp³-hybridized carbons (Fsp3) is 0.917. The summed E-state index contributed by atoms with van der Waals surface area (Å²) in [4.78, 5) is 11.6. The monoisotopic (exact) mass is 228 g/mol. The number of hydrogen-bond donors (Lipinski definition) is 2. The minimum atomic E-state index is -0.684. The maximum atomic E-state index is 11.6. The second kappa shape index (κ2) is 6.21. The second-order valence-electron chi connectivity index (χ2n) is 4.71. The Bertz CT molecular complexity index is 227. The number of rotatable bonds is 6. The average Bonchev–Trinajstić information content (AvgIpc) is 2.29. The Labute approximate surface area is 97.9 Å². The van der Waals surface area contributed by atoms with E-state index in [0.717, 1.165) is 12.8 Å². The van der Waals surface area contributed by atoms with E-state index in [1.165, 1.54) is 19.3 Å². The van der Waals surface area contributed by atoms with Gasteiger partial charge in [0, 0.05) is 13.2 Å². The molecule has 4 heteroatoms. The molecule has 1 amide bonds. The van der Waals surface area contributed by atoms with Crippen LogP contribution in [0, 0.1) is 0 Å². The summed E-state index contributed by atoms with van der Waals surface area (Å²) in [5, 5.41) is 3.42. The van der Waals surface area contributed by atoms with Gasteiger partial charge < -0.3 is 10.5 Å². The van der Waals surface area contributed by atoms with Crippen LogP contribution in [-0.2, 0) is 9.53 Å². The molecule has 0 aromatic heterocycles. The summed E-state index contributed by atoms with van der Waals surface area (Å²) < 4.78 is 5.14. The zero-order valence-electron chi connectivity index (χ0n) is 10.4. The van der Waals surface area contributed by atoms with Gasteiger partial charge in [0.1, 0.15) is 5.54 Å². The highest BCUT2D eigenvalue weighted by Gasteiger charge is 2.36. The first-order valence-electron chi connectivity index (χ1n) is 6.21. The van der Waals surface area contributed by atoms with Gasteiger partial charge in [0.15, 0.2) is 0 Å². The Balaban J connectivity index is 2.63. The van der Waals surface area contributed by atoms with Gasteiger partial charge in [0.2, 0.25) is 5.91 Å². The Kier molecular flexibility index (Phi) is 5.22. The van der Waals surface area contributed by atoms with Crippen LogP contribution in [0.15, 0.2) is 0 Å². The smallest absolute Gasteiger partial charge is 0.240 e. The van der Waals surface area contributed by atoms with Gasteiger partial charge in [0.05, 0.1) is 6.61 Å². The number of ether oxygens (including phenoxy) is 1. The van der Waals surface area contributed by atoms with Gasteiger partial charge >= 0.3 is 0 Å². The SMILES string of the molecule is CCC(COC)(NC1CCCCC1)C(N)=O. The first-order chi connectivity index (χ1) is 7.64. The number of hydrogen-bond acceptors (Lipinski definition) is 3. The molecule has 0 heterocycles. The zero-order valence-corrected chi connectivity index (χ0v) is 10.4. The van der Waals surface area contributed by atoms with Crippen LogP contribution in [-0.4, -0.2) is 31.2 Å². The predicted molar refractivity (Wildman–Crippen MR) is 64.1 cm³/mol. The second-order valence-corrected chi connectivity index (χ2v) is 4.71. The topological polar surface area (TPSA) is 64.3 Å². The highest BCUT2D eigenvalue weighted by Crippen LogP contribution is 2.21. The number of methoxy groups -OCH3 is 1. The van der Waals surface area contributed by atoms with E-state index in [9.17, 15) is 4.79 Å². The van der Waals surface area contributed by atoms with Crippen molar-refractivity contribution in [2.45, 2.75) is 57.0 Å². The van der Waals surface area contributed by atoms with Gasteiger partial charge in [-0.15, -0.1) is 0 Å². The van der Waals surface area contributed by atoms with Crippen molar-refractivity contribution < 1.29 is 9.53 Å². The Morgan fingerprint density at radius 2 is 2.06 bits per heavy atom. The molecule has 0 bridgehead atoms. The maximum absolute atomic E-state index is 11.6. The van der Waals surface area contributed by atoms with Crippen molar-refractivity contribution in [2.75, 3.05) is 13.7 Å². The lowest BCUT2D eigenvalue weighted by Crippen LogP contribution is -2.61. The fourth-order valence-corrected chi connectivity index (χ4v) is 2.45. The minimum Gasteiger partial charge on any atom is -0.382 e. The normalized spacial score (nSPS) is 21.6. The number of nitrogens with one attached hydrogen (secondary N) is 1. The minimum absolute atomic E-state index is 0.303. The molecule has 1 aliphatic carbocycles. The molecule has 0 spiro atoms. The molecule has 94 valence electrons. The van der Waals surface area contributed by atoms with Gasteiger partial charge in [-0.1, -0.05) is 26.2 Å². The first-order valence-corrected chi connectivity index (χ1v) is 6.21. The van der Waals surface area contributed by atoms with Crippen molar-refractivity contribution >= 4 is 5.91 Å². The number of primary amides is 1. The van der Waals surface area contributed by atoms with Gasteiger partial charge in [-0.05, 0) is 19.3 Å². The Morgan fingerprint density at radius 1 is 1.44 bits per heavy atom. The largest absolute Gasteiger partial charge is 0.382 e. The number of amides is 1. The summed E-state index contributed by atoms with van der Waals surface area (Å²) in [6, 6.07) is 0.413. The third kappa shape index (κ3) is 3.19. The fourth-order valence-electron chi connectivity index (χ4n) is 2.45. The van der Waals surface area contributed by atoms with Crippen LogP contribution in [0.1, 0.15) is 45.4 Å². The van der Waals surface area contributed by atoms with Crippen LogP contribution in [0.25, 0.3) is 0 Å². The van der Waals surface area contributed by atoms with Crippen molar-refractivity contribution in [3.05, 3.63) is 0 Å². The van der Waals surface area contributed by atoms with E-state index in [0.29, 0.717) is 19.1 Å². The van der Waals surface area contributed by atoms with Crippen LogP contribution >= 0.6 is 0 Å². The average molecular weight is 228 g/mol. The third-order valence-corrected chi connectivity index (χ3v) is 3.55. The molecular weight excluding hydrogens is 204 g/mol. The summed E-state index contributed by atoms with van der Waals surface area (Å²) in [6.45, 7) is 2.33. The van der Waals surface area contributed by atoms with Crippen molar-refractivity contribution in [3.8, 4) is 0 Å². The van der Waals surface area contributed by atoms with Gasteiger partial charge in [-0.3, -0.25) is 10.1 Å². The molecular formula is C12H24N2O2. The van der Waals surface area contributed by atoms with E-state index in [1.807, 2.05) is 6.92 Å². The van der Waals surface area contributed by atoms with Crippen LogP contribution in [0.2, 0.25) is 0 Å². The molecule has 1 aliphatic rings. The van der Waals surface area contributed by atoms with Crippen molar-refractivity contribution in [1.29, 1.82) is 0 Å². The molecule has 0 aromatic rings. The summed E-state index contributed by atoms with van der Waals surface area (Å²) >= 11 is 0. The summed E-state index contributed by atoms with van der Waals surface area (Å²) in [5.41, 5.74) is 4.82. The number of carbonyl (C=O) groups excluding carboxylic acids is 1. The molecule has 16 heavy (non-hydrogen) atoms. The Hall–Kier alpha value is -0.610. The van der Waals surface area contributed by atoms with Crippen LogP contribution in [0.3, 0.4) is 0 Å². The van der Waals surface area contributed by atoms with Crippen molar-refractivity contribution in [1.82, 2.24) is 5.32 Å². The van der Waals surface area contributed by atoms with Gasteiger partial charge in [0.25, 0.3) is 0 Å². The quantitative estimate of drug-likeness (QED) is 0.717. The molecule has 0 saturated heterocycles. The Morgan fingerprint density at radius 3 is 2.50 bits per heavy atom. The number of nitrogens with two attached hydrogens (primary N) is 1. The first kappa shape index (κ1) is 13.5. The van der Waals surface area contributed by atoms with Crippen molar-refractivity contribution in [3.63, 3.8) is 0 Å². The highest BCUT2D eigenvalue weighted by atomic mass is 16.5. The van der Waals surface area contributed by atoms with Crippen LogP contribution in [0.4, 0.5) is 0 Å². The van der Waals surface area contributed by atoms with E-state index < -0.39 is 5.54 Å². The lowest BCUT2D eigenvalue weighted by atomic mass is 9.89. The molecule has 0 aliphatic heterocycles. The molecule has 4 nitrogen and oxygen atoms in total. The van der Waals surface area contributed by atoms with Gasteiger partial charge in [-0.25, -0.2) is 0 Å². The lowest BCUT2D eigenvalue weighted by Gasteiger charge is -2.36. The third-order valence-electron chi connectivity index (χ3n) is 3.55. The zero-order chi connectivity index (χ0) is 12.0. The van der Waals surface area contributed by atoms with E-state index in [2.05, 4.69) is 5.32 Å². The summed E-state index contributed by atoms with van der Waals surface area (Å²) in [7, 11) is 1.61. The summed E-state index contributed by atoms with van der Waals surface area (Å²) in [6.07, 6.45) is 6.73. The standard InChI is InChI=1S/C12H24N2O2/c1-3-12(9-16-2,11(13)15)14-10-7-5-4-6-8-10/h10,14H,3-9H2,1-2H3,(H2,13,15). The van der Waals surface area contributed by atoms with Crippen LogP contribution < -0.4 is 11.1 Å². The van der Waals surface area contributed by atoms with Crippen molar-refractivity contribution in [2.24, 2.45) is 5.73 Å². The number of carbonyl (C=O) groups is 1. The van der Waals surface area contributed by atoms with Crippen LogP contribution in [0.5, 0.6) is 0 Å². The molecule has 0 aromatic carbocycles. The van der Waals surface area contributed by atoms with E-state index in [1.54, 1.807) is 7.11 Å². The summed E-state index contributed by atoms with van der Waals surface area (Å²) in [5.74, 6) is -0.303.